The summed E-state index contributed by atoms with van der Waals surface area (Å²) in [6.07, 6.45) is 1.13. The third-order valence-corrected chi connectivity index (χ3v) is 4.51. The second-order valence-corrected chi connectivity index (χ2v) is 6.24. The van der Waals surface area contributed by atoms with E-state index in [4.69, 9.17) is 5.73 Å². The van der Waals surface area contributed by atoms with E-state index in [-0.39, 0.29) is 6.04 Å². The van der Waals surface area contributed by atoms with Crippen molar-refractivity contribution in [3.63, 3.8) is 0 Å². The van der Waals surface area contributed by atoms with E-state index in [1.807, 2.05) is 0 Å². The second-order valence-electron chi connectivity index (χ2n) is 6.24. The summed E-state index contributed by atoms with van der Waals surface area (Å²) in [6, 6.07) is 13.2. The molecule has 0 aliphatic carbocycles. The molecule has 1 aliphatic heterocycles. The average Bonchev–Trinajstić information content (AvgIpc) is 2.81. The van der Waals surface area contributed by atoms with E-state index in [2.05, 4.69) is 62.1 Å². The van der Waals surface area contributed by atoms with Crippen molar-refractivity contribution in [1.29, 1.82) is 0 Å². The van der Waals surface area contributed by atoms with Crippen LogP contribution in [0.15, 0.2) is 36.4 Å². The fourth-order valence-corrected chi connectivity index (χ4v) is 3.70. The Labute approximate surface area is 127 Å². The molecule has 0 spiro atoms. The van der Waals surface area contributed by atoms with E-state index in [1.54, 1.807) is 0 Å². The van der Waals surface area contributed by atoms with Gasteiger partial charge in [-0.2, -0.15) is 0 Å². The monoisotopic (exact) mass is 280 g/mol. The molecule has 2 heteroatoms. The lowest BCUT2D eigenvalue weighted by atomic mass is 9.94. The molecule has 0 amide bonds. The Morgan fingerprint density at radius 3 is 2.48 bits per heavy atom. The first-order valence-electron chi connectivity index (χ1n) is 7.72. The van der Waals surface area contributed by atoms with E-state index < -0.39 is 0 Å². The van der Waals surface area contributed by atoms with Crippen LogP contribution in [0, 0.1) is 20.8 Å². The Balaban J connectivity index is 1.84. The first-order chi connectivity index (χ1) is 10.1. The van der Waals surface area contributed by atoms with E-state index >= 15 is 0 Å². The zero-order valence-electron chi connectivity index (χ0n) is 13.2. The molecule has 110 valence electrons. The molecular weight excluding hydrogens is 256 g/mol. The van der Waals surface area contributed by atoms with Crippen LogP contribution in [0.2, 0.25) is 0 Å². The van der Waals surface area contributed by atoms with Crippen molar-refractivity contribution in [1.82, 2.24) is 0 Å². The average molecular weight is 280 g/mol. The maximum Gasteiger partial charge on any atom is 0.0478 e. The molecule has 0 fully saturated rings. The molecule has 2 aromatic rings. The lowest BCUT2D eigenvalue weighted by Gasteiger charge is -2.26. The van der Waals surface area contributed by atoms with Crippen molar-refractivity contribution < 1.29 is 0 Å². The number of para-hydroxylation sites is 1. The van der Waals surface area contributed by atoms with Gasteiger partial charge in [0.05, 0.1) is 0 Å². The van der Waals surface area contributed by atoms with Crippen LogP contribution >= 0.6 is 0 Å². The lowest BCUT2D eigenvalue weighted by Crippen LogP contribution is -2.31. The molecule has 0 bridgehead atoms. The molecule has 1 atom stereocenters. The topological polar surface area (TPSA) is 29.3 Å². The Morgan fingerprint density at radius 1 is 1.10 bits per heavy atom. The van der Waals surface area contributed by atoms with Gasteiger partial charge < -0.3 is 10.6 Å². The summed E-state index contributed by atoms with van der Waals surface area (Å²) in [5, 5.41) is 0. The number of nitrogens with zero attached hydrogens (tertiary/aromatic N) is 1. The number of anilines is 1. The molecule has 3 rings (SSSR count). The highest BCUT2D eigenvalue weighted by Gasteiger charge is 2.22. The number of benzene rings is 2. The van der Waals surface area contributed by atoms with Gasteiger partial charge in [0, 0.05) is 24.8 Å². The van der Waals surface area contributed by atoms with Gasteiger partial charge in [0.1, 0.15) is 0 Å². The normalized spacial score (nSPS) is 15.1. The molecule has 21 heavy (non-hydrogen) atoms. The summed E-state index contributed by atoms with van der Waals surface area (Å²) in [5.41, 5.74) is 14.6. The van der Waals surface area contributed by atoms with Crippen LogP contribution in [0.5, 0.6) is 0 Å². The molecule has 0 saturated carbocycles. The molecule has 2 nitrogen and oxygen atoms in total. The highest BCUT2D eigenvalue weighted by Crippen LogP contribution is 2.30. The maximum absolute atomic E-state index is 6.54. The summed E-state index contributed by atoms with van der Waals surface area (Å²) >= 11 is 0. The summed E-state index contributed by atoms with van der Waals surface area (Å²) in [4.78, 5) is 2.43. The van der Waals surface area contributed by atoms with Crippen LogP contribution < -0.4 is 10.6 Å². The first-order valence-corrected chi connectivity index (χ1v) is 7.72. The van der Waals surface area contributed by atoms with Gasteiger partial charge >= 0.3 is 0 Å². The Kier molecular flexibility index (Phi) is 3.73. The van der Waals surface area contributed by atoms with Gasteiger partial charge in [-0.15, -0.1) is 0 Å². The van der Waals surface area contributed by atoms with Crippen molar-refractivity contribution in [3.8, 4) is 0 Å². The lowest BCUT2D eigenvalue weighted by molar-refractivity contribution is 0.673. The van der Waals surface area contributed by atoms with Crippen molar-refractivity contribution in [3.05, 3.63) is 64.2 Å². The zero-order valence-corrected chi connectivity index (χ0v) is 13.2. The standard InChI is InChI=1S/C19H24N2/c1-13-10-14(2)19(15(3)11-13)17(20)12-21-9-8-16-6-4-5-7-18(16)21/h4-7,10-11,17H,8-9,12,20H2,1-3H3. The number of fused-ring (bicyclic) bond motifs is 1. The van der Waals surface area contributed by atoms with Crippen LogP contribution in [0.3, 0.4) is 0 Å². The third kappa shape index (κ3) is 2.68. The van der Waals surface area contributed by atoms with E-state index in [0.717, 1.165) is 19.5 Å². The van der Waals surface area contributed by atoms with Crippen LogP contribution in [-0.4, -0.2) is 13.1 Å². The molecular formula is C19H24N2. The minimum absolute atomic E-state index is 0.0664. The molecule has 0 radical (unpaired) electrons. The number of nitrogens with two attached hydrogens (primary N) is 1. The van der Waals surface area contributed by atoms with Gasteiger partial charge in [-0.3, -0.25) is 0 Å². The number of rotatable bonds is 3. The second kappa shape index (κ2) is 5.53. The third-order valence-electron chi connectivity index (χ3n) is 4.51. The molecule has 1 aliphatic rings. The zero-order chi connectivity index (χ0) is 15.0. The summed E-state index contributed by atoms with van der Waals surface area (Å²) in [7, 11) is 0. The van der Waals surface area contributed by atoms with Crippen LogP contribution in [0.25, 0.3) is 0 Å². The van der Waals surface area contributed by atoms with Crippen molar-refractivity contribution >= 4 is 5.69 Å². The molecule has 1 unspecified atom stereocenters. The largest absolute Gasteiger partial charge is 0.369 e. The highest BCUT2D eigenvalue weighted by molar-refractivity contribution is 5.58. The quantitative estimate of drug-likeness (QED) is 0.929. The number of aryl methyl sites for hydroxylation is 3. The molecule has 1 heterocycles. The Morgan fingerprint density at radius 2 is 1.76 bits per heavy atom. The van der Waals surface area contributed by atoms with Gasteiger partial charge in [-0.1, -0.05) is 35.9 Å². The molecule has 2 N–H and O–H groups in total. The van der Waals surface area contributed by atoms with Crippen molar-refractivity contribution in [2.24, 2.45) is 5.73 Å². The fourth-order valence-electron chi connectivity index (χ4n) is 3.70. The van der Waals surface area contributed by atoms with Crippen LogP contribution in [0.4, 0.5) is 5.69 Å². The van der Waals surface area contributed by atoms with Crippen molar-refractivity contribution in [2.75, 3.05) is 18.0 Å². The number of hydrogen-bond acceptors (Lipinski definition) is 2. The highest BCUT2D eigenvalue weighted by atomic mass is 15.2. The van der Waals surface area contributed by atoms with Gasteiger partial charge in [-0.25, -0.2) is 0 Å². The smallest absolute Gasteiger partial charge is 0.0478 e. The SMILES string of the molecule is Cc1cc(C)c(C(N)CN2CCc3ccccc32)c(C)c1. The van der Waals surface area contributed by atoms with E-state index in [0.29, 0.717) is 0 Å². The molecule has 0 saturated heterocycles. The predicted molar refractivity (Wildman–Crippen MR) is 89.9 cm³/mol. The van der Waals surface area contributed by atoms with Gasteiger partial charge in [0.2, 0.25) is 0 Å². The minimum atomic E-state index is 0.0664. The van der Waals surface area contributed by atoms with E-state index in [9.17, 15) is 0 Å². The Hall–Kier alpha value is -1.80. The van der Waals surface area contributed by atoms with Gasteiger partial charge in [-0.05, 0) is 55.5 Å². The number of hydrogen-bond donors (Lipinski definition) is 1. The maximum atomic E-state index is 6.54. The predicted octanol–water partition coefficient (Wildman–Crippen LogP) is 3.67. The van der Waals surface area contributed by atoms with Crippen molar-refractivity contribution in [2.45, 2.75) is 33.2 Å². The summed E-state index contributed by atoms with van der Waals surface area (Å²) in [5.74, 6) is 0. The van der Waals surface area contributed by atoms with E-state index in [1.165, 1.54) is 33.5 Å². The van der Waals surface area contributed by atoms with Gasteiger partial charge in [0.25, 0.3) is 0 Å². The van der Waals surface area contributed by atoms with Crippen LogP contribution in [0.1, 0.15) is 33.9 Å². The molecule has 2 aromatic carbocycles. The van der Waals surface area contributed by atoms with Gasteiger partial charge in [0.15, 0.2) is 0 Å². The summed E-state index contributed by atoms with van der Waals surface area (Å²) in [6.45, 7) is 8.46. The summed E-state index contributed by atoms with van der Waals surface area (Å²) < 4.78 is 0. The van der Waals surface area contributed by atoms with Crippen LogP contribution in [-0.2, 0) is 6.42 Å². The molecule has 0 aromatic heterocycles. The first kappa shape index (κ1) is 14.2. The Bertz CT molecular complexity index is 637. The fraction of sp³-hybridized carbons (Fsp3) is 0.368. The minimum Gasteiger partial charge on any atom is -0.369 e.